The fraction of sp³-hybridized carbons (Fsp3) is 0.600. The quantitative estimate of drug-likeness (QED) is 0.728. The van der Waals surface area contributed by atoms with E-state index in [2.05, 4.69) is 29.1 Å². The van der Waals surface area contributed by atoms with Gasteiger partial charge in [0.05, 0.1) is 6.10 Å². The van der Waals surface area contributed by atoms with Crippen molar-refractivity contribution in [2.24, 2.45) is 5.92 Å². The molecule has 0 aliphatic carbocycles. The van der Waals surface area contributed by atoms with Crippen molar-refractivity contribution in [1.29, 1.82) is 0 Å². The van der Waals surface area contributed by atoms with E-state index in [1.807, 2.05) is 0 Å². The summed E-state index contributed by atoms with van der Waals surface area (Å²) in [6, 6.07) is 0. The maximum absolute atomic E-state index is 9.69. The zero-order valence-corrected chi connectivity index (χ0v) is 8.64. The van der Waals surface area contributed by atoms with Gasteiger partial charge in [0.1, 0.15) is 6.33 Å². The predicted octanol–water partition coefficient (Wildman–Crippen LogP) is 0.756. The van der Waals surface area contributed by atoms with Crippen molar-refractivity contribution >= 4 is 0 Å². The normalized spacial score (nSPS) is 13.1. The SMILES string of the molecule is CC(C)CNCC(O)c1cncnc1. The van der Waals surface area contributed by atoms with Crippen molar-refractivity contribution in [3.05, 3.63) is 24.3 Å². The first-order valence-corrected chi connectivity index (χ1v) is 4.84. The van der Waals surface area contributed by atoms with Crippen LogP contribution in [0.1, 0.15) is 25.5 Å². The van der Waals surface area contributed by atoms with Gasteiger partial charge < -0.3 is 10.4 Å². The summed E-state index contributed by atoms with van der Waals surface area (Å²) in [6.07, 6.45) is 4.20. The van der Waals surface area contributed by atoms with Gasteiger partial charge in [0, 0.05) is 24.5 Å². The number of hydrogen-bond donors (Lipinski definition) is 2. The molecule has 0 amide bonds. The second-order valence-electron chi connectivity index (χ2n) is 3.74. The van der Waals surface area contributed by atoms with Crippen molar-refractivity contribution in [2.75, 3.05) is 13.1 Å². The second kappa shape index (κ2) is 5.67. The largest absolute Gasteiger partial charge is 0.387 e. The molecule has 4 heteroatoms. The molecule has 0 aromatic carbocycles. The summed E-state index contributed by atoms with van der Waals surface area (Å²) < 4.78 is 0. The summed E-state index contributed by atoms with van der Waals surface area (Å²) in [4.78, 5) is 7.70. The Hall–Kier alpha value is -1.00. The van der Waals surface area contributed by atoms with Crippen LogP contribution in [0.3, 0.4) is 0 Å². The molecule has 0 spiro atoms. The highest BCUT2D eigenvalue weighted by Crippen LogP contribution is 2.07. The van der Waals surface area contributed by atoms with Crippen LogP contribution in [-0.4, -0.2) is 28.2 Å². The van der Waals surface area contributed by atoms with Crippen LogP contribution in [0, 0.1) is 5.92 Å². The molecule has 1 aromatic rings. The fourth-order valence-corrected chi connectivity index (χ4v) is 1.11. The van der Waals surface area contributed by atoms with Gasteiger partial charge in [0.25, 0.3) is 0 Å². The number of aliphatic hydroxyl groups is 1. The third-order valence-electron chi connectivity index (χ3n) is 1.86. The molecule has 4 nitrogen and oxygen atoms in total. The fourth-order valence-electron chi connectivity index (χ4n) is 1.11. The minimum absolute atomic E-state index is 0.519. The summed E-state index contributed by atoms with van der Waals surface area (Å²) in [7, 11) is 0. The Morgan fingerprint density at radius 2 is 1.93 bits per heavy atom. The van der Waals surface area contributed by atoms with Crippen molar-refractivity contribution < 1.29 is 5.11 Å². The number of nitrogens with zero attached hydrogens (tertiary/aromatic N) is 2. The molecule has 0 aliphatic heterocycles. The summed E-state index contributed by atoms with van der Waals surface area (Å²) >= 11 is 0. The standard InChI is InChI=1S/C10H17N3O/c1-8(2)3-11-6-10(14)9-4-12-7-13-5-9/h4-5,7-8,10-11,14H,3,6H2,1-2H3. The van der Waals surface area contributed by atoms with Gasteiger partial charge in [0.2, 0.25) is 0 Å². The molecule has 0 saturated heterocycles. The summed E-state index contributed by atoms with van der Waals surface area (Å²) in [5.74, 6) is 0.592. The predicted molar refractivity (Wildman–Crippen MR) is 54.7 cm³/mol. The summed E-state index contributed by atoms with van der Waals surface area (Å²) in [6.45, 7) is 5.71. The van der Waals surface area contributed by atoms with Crippen molar-refractivity contribution in [2.45, 2.75) is 20.0 Å². The molecule has 2 N–H and O–H groups in total. The van der Waals surface area contributed by atoms with Crippen LogP contribution < -0.4 is 5.32 Å². The number of aliphatic hydroxyl groups excluding tert-OH is 1. The molecule has 1 atom stereocenters. The molecule has 78 valence electrons. The lowest BCUT2D eigenvalue weighted by molar-refractivity contribution is 0.172. The molecule has 0 saturated carbocycles. The van der Waals surface area contributed by atoms with Gasteiger partial charge in [-0.1, -0.05) is 13.8 Å². The highest BCUT2D eigenvalue weighted by Gasteiger charge is 2.06. The van der Waals surface area contributed by atoms with E-state index in [9.17, 15) is 5.11 Å². The topological polar surface area (TPSA) is 58.0 Å². The summed E-state index contributed by atoms with van der Waals surface area (Å²) in [5, 5.41) is 12.9. The lowest BCUT2D eigenvalue weighted by atomic mass is 10.2. The smallest absolute Gasteiger partial charge is 0.115 e. The van der Waals surface area contributed by atoms with Crippen LogP contribution >= 0.6 is 0 Å². The van der Waals surface area contributed by atoms with E-state index in [0.717, 1.165) is 12.1 Å². The number of rotatable bonds is 5. The van der Waals surface area contributed by atoms with E-state index < -0.39 is 6.10 Å². The molecule has 1 aromatic heterocycles. The van der Waals surface area contributed by atoms with Crippen molar-refractivity contribution in [3.8, 4) is 0 Å². The van der Waals surface area contributed by atoms with Gasteiger partial charge in [0.15, 0.2) is 0 Å². The average Bonchev–Trinajstić information content (AvgIpc) is 2.18. The molecular formula is C10H17N3O. The Balaban J connectivity index is 2.32. The molecule has 1 heterocycles. The van der Waals surface area contributed by atoms with Crippen LogP contribution in [0.2, 0.25) is 0 Å². The average molecular weight is 195 g/mol. The van der Waals surface area contributed by atoms with E-state index in [0.29, 0.717) is 12.5 Å². The zero-order valence-electron chi connectivity index (χ0n) is 8.64. The zero-order chi connectivity index (χ0) is 10.4. The van der Waals surface area contributed by atoms with Crippen LogP contribution in [-0.2, 0) is 0 Å². The van der Waals surface area contributed by atoms with E-state index in [-0.39, 0.29) is 0 Å². The first-order chi connectivity index (χ1) is 6.70. The van der Waals surface area contributed by atoms with Gasteiger partial charge >= 0.3 is 0 Å². The van der Waals surface area contributed by atoms with E-state index >= 15 is 0 Å². The molecule has 0 radical (unpaired) electrons. The van der Waals surface area contributed by atoms with Gasteiger partial charge in [-0.05, 0) is 12.5 Å². The minimum atomic E-state index is -0.519. The maximum atomic E-state index is 9.69. The first kappa shape index (κ1) is 11.1. The molecule has 1 rings (SSSR count). The third kappa shape index (κ3) is 3.81. The van der Waals surface area contributed by atoms with E-state index in [1.54, 1.807) is 12.4 Å². The van der Waals surface area contributed by atoms with Gasteiger partial charge in [-0.2, -0.15) is 0 Å². The minimum Gasteiger partial charge on any atom is -0.387 e. The highest BCUT2D eigenvalue weighted by molar-refractivity contribution is 5.06. The monoisotopic (exact) mass is 195 g/mol. The number of nitrogens with one attached hydrogen (secondary N) is 1. The Labute approximate surface area is 84.4 Å². The van der Waals surface area contributed by atoms with Gasteiger partial charge in [-0.15, -0.1) is 0 Å². The van der Waals surface area contributed by atoms with Crippen LogP contribution in [0.25, 0.3) is 0 Å². The molecule has 0 fully saturated rings. The lowest BCUT2D eigenvalue weighted by Gasteiger charge is -2.12. The third-order valence-corrected chi connectivity index (χ3v) is 1.86. The van der Waals surface area contributed by atoms with Crippen LogP contribution in [0.5, 0.6) is 0 Å². The molecule has 14 heavy (non-hydrogen) atoms. The Morgan fingerprint density at radius 3 is 2.50 bits per heavy atom. The Kier molecular flexibility index (Phi) is 4.49. The number of hydrogen-bond acceptors (Lipinski definition) is 4. The number of aromatic nitrogens is 2. The molecule has 0 bridgehead atoms. The van der Waals surface area contributed by atoms with E-state index in [4.69, 9.17) is 0 Å². The lowest BCUT2D eigenvalue weighted by Crippen LogP contribution is -2.25. The summed E-state index contributed by atoms with van der Waals surface area (Å²) in [5.41, 5.74) is 0.753. The van der Waals surface area contributed by atoms with Crippen molar-refractivity contribution in [1.82, 2.24) is 15.3 Å². The second-order valence-corrected chi connectivity index (χ2v) is 3.74. The molecule has 0 aliphatic rings. The Morgan fingerprint density at radius 1 is 1.29 bits per heavy atom. The van der Waals surface area contributed by atoms with Crippen molar-refractivity contribution in [3.63, 3.8) is 0 Å². The van der Waals surface area contributed by atoms with E-state index in [1.165, 1.54) is 6.33 Å². The molecule has 1 unspecified atom stereocenters. The van der Waals surface area contributed by atoms with Gasteiger partial charge in [-0.3, -0.25) is 0 Å². The molecular weight excluding hydrogens is 178 g/mol. The Bertz CT molecular complexity index is 251. The van der Waals surface area contributed by atoms with Crippen LogP contribution in [0.15, 0.2) is 18.7 Å². The maximum Gasteiger partial charge on any atom is 0.115 e. The van der Waals surface area contributed by atoms with Crippen LogP contribution in [0.4, 0.5) is 0 Å². The van der Waals surface area contributed by atoms with Gasteiger partial charge in [-0.25, -0.2) is 9.97 Å². The first-order valence-electron chi connectivity index (χ1n) is 4.84. The highest BCUT2D eigenvalue weighted by atomic mass is 16.3.